The molecule has 1 saturated heterocycles. The van der Waals surface area contributed by atoms with E-state index in [0.717, 1.165) is 37.3 Å². The van der Waals surface area contributed by atoms with Crippen molar-refractivity contribution in [2.45, 2.75) is 45.2 Å². The molecule has 2 aliphatic rings. The van der Waals surface area contributed by atoms with Crippen LogP contribution in [-0.4, -0.2) is 34.9 Å². The van der Waals surface area contributed by atoms with Gasteiger partial charge in [0.1, 0.15) is 0 Å². The van der Waals surface area contributed by atoms with Crippen LogP contribution in [0.4, 0.5) is 0 Å². The summed E-state index contributed by atoms with van der Waals surface area (Å²) >= 11 is 1.70. The molecule has 2 aromatic heterocycles. The van der Waals surface area contributed by atoms with Crippen molar-refractivity contribution in [2.24, 2.45) is 5.41 Å². The first-order valence-electron chi connectivity index (χ1n) is 9.09. The molecule has 2 fully saturated rings. The highest BCUT2D eigenvalue weighted by molar-refractivity contribution is 7.07. The SMILES string of the molecule is Cc1ccc(CC(=O)N(Cc2ccsc2)C2CC23CCNCC3)cn1.Cl.Cl. The molecule has 0 radical (unpaired) electrons. The first-order chi connectivity index (χ1) is 12.2. The summed E-state index contributed by atoms with van der Waals surface area (Å²) in [4.78, 5) is 19.6. The number of halogens is 2. The maximum atomic E-state index is 13.1. The molecule has 7 heteroatoms. The fraction of sp³-hybridized carbons (Fsp3) is 0.500. The minimum atomic E-state index is 0. The molecule has 27 heavy (non-hydrogen) atoms. The molecule has 2 aromatic rings. The Bertz CT molecular complexity index is 730. The normalized spacial score (nSPS) is 19.7. The van der Waals surface area contributed by atoms with Gasteiger partial charge in [0.15, 0.2) is 0 Å². The first kappa shape index (κ1) is 22.2. The summed E-state index contributed by atoms with van der Waals surface area (Å²) in [5, 5.41) is 7.70. The Labute approximate surface area is 177 Å². The molecule has 1 spiro atoms. The number of piperidine rings is 1. The molecule has 148 valence electrons. The summed E-state index contributed by atoms with van der Waals surface area (Å²) in [6.07, 6.45) is 5.83. The Kier molecular flexibility index (Phi) is 7.69. The van der Waals surface area contributed by atoms with Gasteiger partial charge in [-0.15, -0.1) is 24.8 Å². The standard InChI is InChI=1S/C20H25N3OS.2ClH/c1-15-2-3-16(12-22-15)10-19(24)23(13-17-4-9-25-14-17)18-11-20(18)5-7-21-8-6-20;;/h2-4,9,12,14,18,21H,5-8,10-11,13H2,1H3;2*1H. The monoisotopic (exact) mass is 427 g/mol. The smallest absolute Gasteiger partial charge is 0.227 e. The Morgan fingerprint density at radius 3 is 2.67 bits per heavy atom. The molecule has 1 amide bonds. The van der Waals surface area contributed by atoms with Gasteiger partial charge >= 0.3 is 0 Å². The van der Waals surface area contributed by atoms with Crippen LogP contribution >= 0.6 is 36.2 Å². The highest BCUT2D eigenvalue weighted by Gasteiger charge is 2.57. The van der Waals surface area contributed by atoms with Crippen LogP contribution < -0.4 is 5.32 Å². The number of hydrogen-bond acceptors (Lipinski definition) is 4. The molecule has 0 bridgehead atoms. The van der Waals surface area contributed by atoms with Crippen molar-refractivity contribution in [3.63, 3.8) is 0 Å². The van der Waals surface area contributed by atoms with Crippen molar-refractivity contribution in [1.82, 2.24) is 15.2 Å². The number of aromatic nitrogens is 1. The Hall–Kier alpha value is -1.14. The molecule has 1 unspecified atom stereocenters. The molecule has 1 atom stereocenters. The van der Waals surface area contributed by atoms with Gasteiger partial charge in [-0.3, -0.25) is 9.78 Å². The third kappa shape index (κ3) is 5.02. The fourth-order valence-electron chi connectivity index (χ4n) is 4.06. The maximum Gasteiger partial charge on any atom is 0.227 e. The lowest BCUT2D eigenvalue weighted by Gasteiger charge is -2.29. The van der Waals surface area contributed by atoms with Crippen LogP contribution in [0.1, 0.15) is 36.1 Å². The van der Waals surface area contributed by atoms with Gasteiger partial charge in [0.25, 0.3) is 0 Å². The highest BCUT2D eigenvalue weighted by atomic mass is 35.5. The van der Waals surface area contributed by atoms with Gasteiger partial charge < -0.3 is 10.2 Å². The minimum absolute atomic E-state index is 0. The summed E-state index contributed by atoms with van der Waals surface area (Å²) in [5.41, 5.74) is 3.60. The number of nitrogens with one attached hydrogen (secondary N) is 1. The van der Waals surface area contributed by atoms with E-state index in [4.69, 9.17) is 0 Å². The second-order valence-electron chi connectivity index (χ2n) is 7.47. The number of aryl methyl sites for hydroxylation is 1. The second kappa shape index (κ2) is 9.37. The van der Waals surface area contributed by atoms with E-state index in [1.807, 2.05) is 25.3 Å². The highest BCUT2D eigenvalue weighted by Crippen LogP contribution is 2.56. The van der Waals surface area contributed by atoms with Gasteiger partial charge in [0.05, 0.1) is 6.42 Å². The average Bonchev–Trinajstić information content (AvgIpc) is 3.06. The third-order valence-corrected chi connectivity index (χ3v) is 6.44. The summed E-state index contributed by atoms with van der Waals surface area (Å²) in [6, 6.07) is 6.55. The van der Waals surface area contributed by atoms with Gasteiger partial charge in [0, 0.05) is 24.5 Å². The number of carbonyl (C=O) groups excluding carboxylic acids is 1. The van der Waals surface area contributed by atoms with Crippen LogP contribution in [0.2, 0.25) is 0 Å². The van der Waals surface area contributed by atoms with Gasteiger partial charge in [-0.2, -0.15) is 11.3 Å². The molecule has 3 heterocycles. The van der Waals surface area contributed by atoms with E-state index in [-0.39, 0.29) is 30.7 Å². The molecule has 0 aromatic carbocycles. The van der Waals surface area contributed by atoms with Crippen LogP contribution in [-0.2, 0) is 17.8 Å². The van der Waals surface area contributed by atoms with Crippen LogP contribution in [0.5, 0.6) is 0 Å². The largest absolute Gasteiger partial charge is 0.334 e. The van der Waals surface area contributed by atoms with Gasteiger partial charge in [-0.05, 0) is 78.7 Å². The Morgan fingerprint density at radius 2 is 2.04 bits per heavy atom. The average molecular weight is 428 g/mol. The molecule has 1 aliphatic heterocycles. The predicted octanol–water partition coefficient (Wildman–Crippen LogP) is 4.01. The quantitative estimate of drug-likeness (QED) is 0.783. The van der Waals surface area contributed by atoms with Crippen LogP contribution in [0, 0.1) is 12.3 Å². The lowest BCUT2D eigenvalue weighted by Crippen LogP contribution is -2.39. The van der Waals surface area contributed by atoms with Gasteiger partial charge in [0.2, 0.25) is 5.91 Å². The summed E-state index contributed by atoms with van der Waals surface area (Å²) in [6.45, 7) is 4.87. The summed E-state index contributed by atoms with van der Waals surface area (Å²) < 4.78 is 0. The van der Waals surface area contributed by atoms with Gasteiger partial charge in [-0.1, -0.05) is 6.07 Å². The maximum absolute atomic E-state index is 13.1. The van der Waals surface area contributed by atoms with Crippen molar-refractivity contribution < 1.29 is 4.79 Å². The van der Waals surface area contributed by atoms with Crippen molar-refractivity contribution >= 4 is 42.1 Å². The summed E-state index contributed by atoms with van der Waals surface area (Å²) in [7, 11) is 0. The predicted molar refractivity (Wildman–Crippen MR) is 115 cm³/mol. The molecule has 4 nitrogen and oxygen atoms in total. The van der Waals surface area contributed by atoms with Crippen molar-refractivity contribution in [3.8, 4) is 0 Å². The Balaban J connectivity index is 0.00000131. The number of pyridine rings is 1. The zero-order chi connectivity index (χ0) is 17.3. The van der Waals surface area contributed by atoms with Crippen molar-refractivity contribution in [3.05, 3.63) is 52.0 Å². The molecule has 1 aliphatic carbocycles. The van der Waals surface area contributed by atoms with Crippen LogP contribution in [0.25, 0.3) is 0 Å². The number of hydrogen-bond donors (Lipinski definition) is 1. The van der Waals surface area contributed by atoms with E-state index >= 15 is 0 Å². The van der Waals surface area contributed by atoms with Crippen LogP contribution in [0.15, 0.2) is 35.2 Å². The second-order valence-corrected chi connectivity index (χ2v) is 8.25. The van der Waals surface area contributed by atoms with Crippen molar-refractivity contribution in [2.75, 3.05) is 13.1 Å². The van der Waals surface area contributed by atoms with Crippen molar-refractivity contribution in [1.29, 1.82) is 0 Å². The van der Waals surface area contributed by atoms with Crippen LogP contribution in [0.3, 0.4) is 0 Å². The molecule has 4 rings (SSSR count). The zero-order valence-corrected chi connectivity index (χ0v) is 18.0. The lowest BCUT2D eigenvalue weighted by atomic mass is 9.93. The molecular formula is C20H27Cl2N3OS. The number of amides is 1. The van der Waals surface area contributed by atoms with E-state index in [1.54, 1.807) is 11.3 Å². The number of carbonyl (C=O) groups is 1. The Morgan fingerprint density at radius 1 is 1.26 bits per heavy atom. The number of rotatable bonds is 5. The minimum Gasteiger partial charge on any atom is -0.334 e. The number of nitrogens with zero attached hydrogens (tertiary/aromatic N) is 2. The van der Waals surface area contributed by atoms with E-state index < -0.39 is 0 Å². The topological polar surface area (TPSA) is 45.2 Å². The molecular weight excluding hydrogens is 401 g/mol. The zero-order valence-electron chi connectivity index (χ0n) is 15.5. The summed E-state index contributed by atoms with van der Waals surface area (Å²) in [5.74, 6) is 0.234. The molecule has 1 saturated carbocycles. The van der Waals surface area contributed by atoms with E-state index in [1.165, 1.54) is 18.4 Å². The van der Waals surface area contributed by atoms with Gasteiger partial charge in [-0.25, -0.2) is 0 Å². The fourth-order valence-corrected chi connectivity index (χ4v) is 4.72. The first-order valence-corrected chi connectivity index (χ1v) is 10.0. The molecule has 1 N–H and O–H groups in total. The van der Waals surface area contributed by atoms with E-state index in [0.29, 0.717) is 17.9 Å². The van der Waals surface area contributed by atoms with E-state index in [9.17, 15) is 4.79 Å². The van der Waals surface area contributed by atoms with E-state index in [2.05, 4.69) is 32.0 Å². The third-order valence-electron chi connectivity index (χ3n) is 5.70. The lowest BCUT2D eigenvalue weighted by molar-refractivity contribution is -0.132. The number of thiophene rings is 1.